The Labute approximate surface area is 137 Å². The van der Waals surface area contributed by atoms with E-state index in [2.05, 4.69) is 10.2 Å². The van der Waals surface area contributed by atoms with E-state index in [0.717, 1.165) is 0 Å². The van der Waals surface area contributed by atoms with Crippen LogP contribution >= 0.6 is 23.2 Å². The van der Waals surface area contributed by atoms with Crippen LogP contribution in [0.15, 0.2) is 24.3 Å². The number of carbonyl (C=O) groups is 1. The molecule has 0 bridgehead atoms. The van der Waals surface area contributed by atoms with Gasteiger partial charge in [-0.3, -0.25) is 0 Å². The molecule has 2 rings (SSSR count). The summed E-state index contributed by atoms with van der Waals surface area (Å²) in [4.78, 5) is 12.7. The van der Waals surface area contributed by atoms with Crippen molar-refractivity contribution < 1.29 is 14.3 Å². The van der Waals surface area contributed by atoms with Crippen LogP contribution in [0.25, 0.3) is 11.3 Å². The fraction of sp³-hybridized carbons (Fsp3) is 0.214. The molecule has 0 fully saturated rings. The number of rotatable bonds is 3. The van der Waals surface area contributed by atoms with Crippen molar-refractivity contribution in [2.45, 2.75) is 0 Å². The third kappa shape index (κ3) is 3.58. The molecule has 0 radical (unpaired) electrons. The highest BCUT2D eigenvalue weighted by Gasteiger charge is 2.12. The summed E-state index contributed by atoms with van der Waals surface area (Å²) in [5, 5.41) is 8.58. The van der Waals surface area contributed by atoms with Gasteiger partial charge in [-0.1, -0.05) is 23.2 Å². The van der Waals surface area contributed by atoms with Crippen molar-refractivity contribution >= 4 is 29.3 Å². The van der Waals surface area contributed by atoms with Crippen LogP contribution in [-0.4, -0.2) is 42.4 Å². The van der Waals surface area contributed by atoms with Crippen LogP contribution in [0.3, 0.4) is 0 Å². The minimum Gasteiger partial charge on any atom is -0.494 e. The summed E-state index contributed by atoms with van der Waals surface area (Å²) in [5.41, 5.74) is 1.21. The molecule has 1 amide bonds. The molecule has 0 unspecified atom stereocenters. The average molecular weight is 342 g/mol. The Morgan fingerprint density at radius 2 is 1.77 bits per heavy atom. The van der Waals surface area contributed by atoms with Gasteiger partial charge in [0.05, 0.1) is 22.8 Å². The van der Waals surface area contributed by atoms with Crippen LogP contribution in [-0.2, 0) is 0 Å². The maximum absolute atomic E-state index is 11.4. The first-order chi connectivity index (χ1) is 10.4. The second kappa shape index (κ2) is 6.81. The second-order valence-corrected chi connectivity index (χ2v) is 5.31. The van der Waals surface area contributed by atoms with Crippen molar-refractivity contribution in [3.63, 3.8) is 0 Å². The summed E-state index contributed by atoms with van der Waals surface area (Å²) >= 11 is 12.2. The highest BCUT2D eigenvalue weighted by atomic mass is 35.5. The van der Waals surface area contributed by atoms with Gasteiger partial charge in [-0.05, 0) is 18.2 Å². The number of nitrogens with zero attached hydrogens (tertiary/aromatic N) is 3. The molecule has 0 spiro atoms. The van der Waals surface area contributed by atoms with E-state index in [9.17, 15) is 4.79 Å². The van der Waals surface area contributed by atoms with Crippen molar-refractivity contribution in [3.8, 4) is 22.9 Å². The number of hydrogen-bond donors (Lipinski definition) is 0. The number of hydrogen-bond acceptors (Lipinski definition) is 5. The molecule has 0 saturated heterocycles. The topological polar surface area (TPSA) is 64.6 Å². The lowest BCUT2D eigenvalue weighted by atomic mass is 10.1. The fourth-order valence-corrected chi connectivity index (χ4v) is 2.25. The van der Waals surface area contributed by atoms with Crippen LogP contribution in [0.1, 0.15) is 0 Å². The largest absolute Gasteiger partial charge is 0.494 e. The van der Waals surface area contributed by atoms with E-state index in [1.165, 1.54) is 18.1 Å². The zero-order valence-electron chi connectivity index (χ0n) is 12.1. The van der Waals surface area contributed by atoms with Gasteiger partial charge in [0.15, 0.2) is 5.75 Å². The van der Waals surface area contributed by atoms with Crippen molar-refractivity contribution in [1.29, 1.82) is 0 Å². The van der Waals surface area contributed by atoms with Crippen molar-refractivity contribution in [1.82, 2.24) is 15.1 Å². The van der Waals surface area contributed by atoms with Gasteiger partial charge in [-0.2, -0.15) is 0 Å². The third-order valence-electron chi connectivity index (χ3n) is 2.70. The molecular weight excluding hydrogens is 329 g/mol. The van der Waals surface area contributed by atoms with Crippen LogP contribution in [0.4, 0.5) is 4.79 Å². The number of halogens is 2. The quantitative estimate of drug-likeness (QED) is 0.854. The van der Waals surface area contributed by atoms with E-state index in [1.807, 2.05) is 0 Å². The number of methoxy groups -OCH3 is 1. The maximum atomic E-state index is 11.4. The lowest BCUT2D eigenvalue weighted by Gasteiger charge is -2.10. The Hall–Kier alpha value is -2.05. The molecular formula is C14H13Cl2N3O3. The molecule has 0 aliphatic carbocycles. The molecule has 1 aromatic heterocycles. The van der Waals surface area contributed by atoms with Crippen LogP contribution in [0, 0.1) is 0 Å². The molecule has 0 N–H and O–H groups in total. The van der Waals surface area contributed by atoms with Gasteiger partial charge in [0.1, 0.15) is 0 Å². The molecule has 1 aromatic carbocycles. The van der Waals surface area contributed by atoms with Crippen LogP contribution in [0.5, 0.6) is 11.6 Å². The predicted molar refractivity (Wildman–Crippen MR) is 83.8 cm³/mol. The van der Waals surface area contributed by atoms with Gasteiger partial charge in [0, 0.05) is 25.7 Å². The summed E-state index contributed by atoms with van der Waals surface area (Å²) in [7, 11) is 4.64. The summed E-state index contributed by atoms with van der Waals surface area (Å²) < 4.78 is 10.1. The van der Waals surface area contributed by atoms with Crippen LogP contribution in [0.2, 0.25) is 10.0 Å². The maximum Gasteiger partial charge on any atom is 0.416 e. The molecule has 0 aliphatic heterocycles. The van der Waals surface area contributed by atoms with Gasteiger partial charge in [0.2, 0.25) is 5.88 Å². The van der Waals surface area contributed by atoms with Gasteiger partial charge in [0.25, 0.3) is 0 Å². The number of carbonyl (C=O) groups excluding carboxylic acids is 1. The van der Waals surface area contributed by atoms with E-state index in [-0.39, 0.29) is 5.88 Å². The van der Waals surface area contributed by atoms with Gasteiger partial charge < -0.3 is 14.4 Å². The molecule has 0 saturated carbocycles. The Kier molecular flexibility index (Phi) is 5.05. The molecule has 8 heteroatoms. The van der Waals surface area contributed by atoms with Gasteiger partial charge in [-0.25, -0.2) is 4.79 Å². The molecule has 22 heavy (non-hydrogen) atoms. The van der Waals surface area contributed by atoms with Crippen LogP contribution < -0.4 is 9.47 Å². The molecule has 0 atom stereocenters. The van der Waals surface area contributed by atoms with E-state index in [0.29, 0.717) is 27.1 Å². The number of amides is 1. The first-order valence-electron chi connectivity index (χ1n) is 6.18. The van der Waals surface area contributed by atoms with E-state index in [4.69, 9.17) is 32.7 Å². The Morgan fingerprint density at radius 1 is 1.14 bits per heavy atom. The number of benzene rings is 1. The number of ether oxygens (including phenoxy) is 2. The minimum atomic E-state index is -0.530. The molecule has 2 aromatic rings. The zero-order valence-corrected chi connectivity index (χ0v) is 13.6. The highest BCUT2D eigenvalue weighted by Crippen LogP contribution is 2.36. The van der Waals surface area contributed by atoms with Crippen molar-refractivity contribution in [2.75, 3.05) is 21.2 Å². The lowest BCUT2D eigenvalue weighted by molar-refractivity contribution is 0.169. The molecule has 116 valence electrons. The molecule has 1 heterocycles. The average Bonchev–Trinajstić information content (AvgIpc) is 2.47. The van der Waals surface area contributed by atoms with E-state index in [1.54, 1.807) is 32.3 Å². The normalized spacial score (nSPS) is 10.2. The molecule has 0 aliphatic rings. The van der Waals surface area contributed by atoms with Crippen molar-refractivity contribution in [2.24, 2.45) is 0 Å². The third-order valence-corrected chi connectivity index (χ3v) is 3.26. The van der Waals surface area contributed by atoms with Gasteiger partial charge in [-0.15, -0.1) is 10.2 Å². The summed E-state index contributed by atoms with van der Waals surface area (Å²) in [6.45, 7) is 0. The zero-order chi connectivity index (χ0) is 16.3. The number of aromatic nitrogens is 2. The standard InChI is InChI=1S/C14H13Cl2N3O3/c1-19(2)14(20)22-12-5-4-11(17-18-12)8-6-9(15)13(21-3)10(16)7-8/h4-7H,1-3H3. The summed E-state index contributed by atoms with van der Waals surface area (Å²) in [6, 6.07) is 6.53. The fourth-order valence-electron chi connectivity index (χ4n) is 1.61. The van der Waals surface area contributed by atoms with E-state index < -0.39 is 6.09 Å². The monoisotopic (exact) mass is 341 g/mol. The highest BCUT2D eigenvalue weighted by molar-refractivity contribution is 6.37. The Balaban J connectivity index is 2.26. The molecule has 6 nitrogen and oxygen atoms in total. The van der Waals surface area contributed by atoms with Gasteiger partial charge >= 0.3 is 6.09 Å². The smallest absolute Gasteiger partial charge is 0.416 e. The Bertz CT molecular complexity index is 667. The lowest BCUT2D eigenvalue weighted by Crippen LogP contribution is -2.25. The second-order valence-electron chi connectivity index (χ2n) is 4.49. The minimum absolute atomic E-state index is 0.105. The van der Waals surface area contributed by atoms with E-state index >= 15 is 0 Å². The Morgan fingerprint density at radius 3 is 2.23 bits per heavy atom. The van der Waals surface area contributed by atoms with Crippen molar-refractivity contribution in [3.05, 3.63) is 34.3 Å². The first kappa shape index (κ1) is 16.3. The summed E-state index contributed by atoms with van der Waals surface area (Å²) in [6.07, 6.45) is -0.530. The first-order valence-corrected chi connectivity index (χ1v) is 6.94. The summed E-state index contributed by atoms with van der Waals surface area (Å²) in [5.74, 6) is 0.504. The predicted octanol–water partition coefficient (Wildman–Crippen LogP) is 3.52. The SMILES string of the molecule is COc1c(Cl)cc(-c2ccc(OC(=O)N(C)C)nn2)cc1Cl.